The van der Waals surface area contributed by atoms with Gasteiger partial charge in [0.15, 0.2) is 0 Å². The third kappa shape index (κ3) is 3.70. The van der Waals surface area contributed by atoms with E-state index in [0.717, 1.165) is 18.2 Å². The van der Waals surface area contributed by atoms with Crippen LogP contribution in [0.4, 0.5) is 10.1 Å². The van der Waals surface area contributed by atoms with Crippen LogP contribution in [0.3, 0.4) is 0 Å². The molecular weight excluding hydrogens is 467 g/mol. The summed E-state index contributed by atoms with van der Waals surface area (Å²) in [6.45, 7) is 4.87. The second-order valence-corrected chi connectivity index (χ2v) is 10.5. The fraction of sp³-hybridized carbons (Fsp3) is 0.500. The van der Waals surface area contributed by atoms with Crippen LogP contribution in [-0.2, 0) is 15.0 Å². The van der Waals surface area contributed by atoms with Gasteiger partial charge in [0, 0.05) is 50.2 Å². The van der Waals surface area contributed by atoms with Gasteiger partial charge in [-0.2, -0.15) is 5.10 Å². The molecule has 0 spiro atoms. The molecule has 9 nitrogen and oxygen atoms in total. The Labute approximate surface area is 207 Å². The van der Waals surface area contributed by atoms with Gasteiger partial charge in [-0.3, -0.25) is 14.3 Å². The van der Waals surface area contributed by atoms with E-state index in [-0.39, 0.29) is 22.9 Å². The Balaban J connectivity index is 1.32. The van der Waals surface area contributed by atoms with Gasteiger partial charge in [0.25, 0.3) is 11.5 Å². The first-order valence-electron chi connectivity index (χ1n) is 12.2. The second kappa shape index (κ2) is 8.14. The normalized spacial score (nSPS) is 28.4. The molecule has 7 rings (SSSR count). The van der Waals surface area contributed by atoms with Crippen molar-refractivity contribution < 1.29 is 23.4 Å². The van der Waals surface area contributed by atoms with E-state index in [1.54, 1.807) is 31.5 Å². The van der Waals surface area contributed by atoms with E-state index < -0.39 is 23.7 Å². The molecule has 1 amide bonds. The first-order valence-corrected chi connectivity index (χ1v) is 12.2. The number of pyridine rings is 1. The molecule has 2 bridgehead atoms. The zero-order chi connectivity index (χ0) is 25.2. The minimum atomic E-state index is -1.03. The lowest BCUT2D eigenvalue weighted by atomic mass is 9.69. The summed E-state index contributed by atoms with van der Waals surface area (Å²) in [4.78, 5) is 26.2. The number of ether oxygens (including phenoxy) is 3. The molecule has 4 heterocycles. The van der Waals surface area contributed by atoms with Crippen molar-refractivity contribution in [3.05, 3.63) is 52.6 Å². The SMILES string of the molecule is COCC12CC(n3cc4cc(C(=O)Nc5cccn([C@H]6C[C@H]6F)c5=O)c(OC(C)C)cc4n3)(CO1)C2. The van der Waals surface area contributed by atoms with Crippen molar-refractivity contribution in [1.29, 1.82) is 0 Å². The third-order valence-corrected chi connectivity index (χ3v) is 7.32. The lowest BCUT2D eigenvalue weighted by molar-refractivity contribution is -0.0694. The summed E-state index contributed by atoms with van der Waals surface area (Å²) in [6.07, 6.45) is 4.23. The Bertz CT molecular complexity index is 1410. The van der Waals surface area contributed by atoms with Crippen LogP contribution in [0.2, 0.25) is 0 Å². The zero-order valence-electron chi connectivity index (χ0n) is 20.5. The molecule has 190 valence electrons. The molecule has 2 aromatic heterocycles. The summed E-state index contributed by atoms with van der Waals surface area (Å²) < 4.78 is 34.1. The molecule has 3 aromatic rings. The number of amides is 1. The number of alkyl halides is 1. The molecule has 2 aliphatic heterocycles. The fourth-order valence-corrected chi connectivity index (χ4v) is 5.59. The summed E-state index contributed by atoms with van der Waals surface area (Å²) in [6, 6.07) is 6.18. The minimum Gasteiger partial charge on any atom is -0.490 e. The van der Waals surface area contributed by atoms with E-state index >= 15 is 0 Å². The summed E-state index contributed by atoms with van der Waals surface area (Å²) in [5.41, 5.74) is 0.209. The lowest BCUT2D eigenvalue weighted by Crippen LogP contribution is -2.53. The van der Waals surface area contributed by atoms with Gasteiger partial charge in [-0.25, -0.2) is 4.39 Å². The van der Waals surface area contributed by atoms with Crippen LogP contribution < -0.4 is 15.6 Å². The minimum absolute atomic E-state index is 0.0961. The van der Waals surface area contributed by atoms with Crippen LogP contribution in [0.5, 0.6) is 5.75 Å². The van der Waals surface area contributed by atoms with Gasteiger partial charge < -0.3 is 24.1 Å². The van der Waals surface area contributed by atoms with Crippen molar-refractivity contribution in [1.82, 2.24) is 14.3 Å². The van der Waals surface area contributed by atoms with Crippen molar-refractivity contribution in [3.63, 3.8) is 0 Å². The average Bonchev–Trinajstić information content (AvgIpc) is 3.13. The predicted octanol–water partition coefficient (Wildman–Crippen LogP) is 3.42. The van der Waals surface area contributed by atoms with Crippen LogP contribution in [0, 0.1) is 0 Å². The maximum absolute atomic E-state index is 13.5. The Kier molecular flexibility index (Phi) is 5.24. The van der Waals surface area contributed by atoms with E-state index in [1.807, 2.05) is 24.7 Å². The molecule has 4 fully saturated rings. The Hall–Kier alpha value is -3.24. The predicted molar refractivity (Wildman–Crippen MR) is 130 cm³/mol. The van der Waals surface area contributed by atoms with E-state index in [0.29, 0.717) is 36.5 Å². The highest BCUT2D eigenvalue weighted by atomic mass is 19.1. The first kappa shape index (κ1) is 23.2. The van der Waals surface area contributed by atoms with Gasteiger partial charge in [0.2, 0.25) is 0 Å². The quantitative estimate of drug-likeness (QED) is 0.513. The molecule has 10 heteroatoms. The van der Waals surface area contributed by atoms with E-state index in [4.69, 9.17) is 19.3 Å². The molecule has 0 radical (unpaired) electrons. The summed E-state index contributed by atoms with van der Waals surface area (Å²) in [5.74, 6) is -0.0992. The highest BCUT2D eigenvalue weighted by Gasteiger charge is 2.64. The van der Waals surface area contributed by atoms with E-state index in [9.17, 15) is 14.0 Å². The number of hydrogen-bond donors (Lipinski definition) is 1. The smallest absolute Gasteiger partial charge is 0.274 e. The van der Waals surface area contributed by atoms with Gasteiger partial charge in [0.05, 0.1) is 47.6 Å². The molecule has 0 unspecified atom stereocenters. The highest BCUT2D eigenvalue weighted by Crippen LogP contribution is 2.56. The molecule has 2 saturated heterocycles. The number of anilines is 1. The largest absolute Gasteiger partial charge is 0.490 e. The first-order chi connectivity index (χ1) is 17.2. The van der Waals surface area contributed by atoms with Crippen molar-refractivity contribution in [2.45, 2.75) is 62.6 Å². The van der Waals surface area contributed by atoms with Crippen molar-refractivity contribution in [2.24, 2.45) is 0 Å². The fourth-order valence-electron chi connectivity index (χ4n) is 5.59. The number of rotatable bonds is 8. The molecule has 1 N–H and O–H groups in total. The molecule has 2 aliphatic carbocycles. The third-order valence-electron chi connectivity index (χ3n) is 7.32. The van der Waals surface area contributed by atoms with E-state index in [1.165, 1.54) is 10.6 Å². The summed E-state index contributed by atoms with van der Waals surface area (Å²) in [5, 5.41) is 8.29. The lowest BCUT2D eigenvalue weighted by Gasteiger charge is -2.43. The van der Waals surface area contributed by atoms with Crippen molar-refractivity contribution in [2.75, 3.05) is 25.6 Å². The van der Waals surface area contributed by atoms with Gasteiger partial charge in [-0.1, -0.05) is 0 Å². The van der Waals surface area contributed by atoms with Crippen LogP contribution >= 0.6 is 0 Å². The van der Waals surface area contributed by atoms with Crippen LogP contribution in [0.15, 0.2) is 41.5 Å². The topological polar surface area (TPSA) is 96.6 Å². The number of hydrogen-bond acceptors (Lipinski definition) is 6. The number of nitrogens with one attached hydrogen (secondary N) is 1. The summed E-state index contributed by atoms with van der Waals surface area (Å²) in [7, 11) is 1.68. The average molecular weight is 497 g/mol. The molecule has 36 heavy (non-hydrogen) atoms. The van der Waals surface area contributed by atoms with Crippen LogP contribution in [0.25, 0.3) is 10.9 Å². The number of nitrogens with zero attached hydrogens (tertiary/aromatic N) is 3. The van der Waals surface area contributed by atoms with Gasteiger partial charge in [-0.15, -0.1) is 0 Å². The van der Waals surface area contributed by atoms with E-state index in [2.05, 4.69) is 5.32 Å². The summed E-state index contributed by atoms with van der Waals surface area (Å²) >= 11 is 0. The number of methoxy groups -OCH3 is 1. The maximum Gasteiger partial charge on any atom is 0.274 e. The number of carbonyl (C=O) groups excluding carboxylic acids is 1. The van der Waals surface area contributed by atoms with Crippen molar-refractivity contribution in [3.8, 4) is 5.75 Å². The van der Waals surface area contributed by atoms with Crippen molar-refractivity contribution >= 4 is 22.5 Å². The van der Waals surface area contributed by atoms with Crippen LogP contribution in [0.1, 0.15) is 49.5 Å². The Morgan fingerprint density at radius 3 is 2.83 bits per heavy atom. The standard InChI is InChI=1S/C26H29FN4O5/c1-15(2)36-22-9-20-16(10-31(29-20)25-11-26(12-25,14-34-3)35-13-25)7-17(22)23(32)28-19-5-4-6-30(24(19)33)21-8-18(21)27/h4-7,9-10,15,18,21H,8,11-14H2,1-3H3,(H,28,32)/t18-,21+,25?,26?/m1/s1. The monoisotopic (exact) mass is 496 g/mol. The zero-order valence-corrected chi connectivity index (χ0v) is 20.5. The number of fused-ring (bicyclic) bond motifs is 2. The Morgan fingerprint density at radius 2 is 2.14 bits per heavy atom. The number of aromatic nitrogens is 3. The highest BCUT2D eigenvalue weighted by molar-refractivity contribution is 6.08. The second-order valence-electron chi connectivity index (χ2n) is 10.5. The van der Waals surface area contributed by atoms with Gasteiger partial charge in [-0.05, 0) is 32.0 Å². The molecule has 1 aromatic carbocycles. The van der Waals surface area contributed by atoms with Crippen LogP contribution in [-0.4, -0.2) is 58.5 Å². The molecule has 2 saturated carbocycles. The van der Waals surface area contributed by atoms with Gasteiger partial charge in [0.1, 0.15) is 17.6 Å². The number of benzene rings is 1. The number of carbonyl (C=O) groups is 1. The molecular formula is C26H29FN4O5. The number of halogens is 1. The van der Waals surface area contributed by atoms with Gasteiger partial charge >= 0.3 is 0 Å². The molecule has 2 atom stereocenters. The Morgan fingerprint density at radius 1 is 1.36 bits per heavy atom. The maximum atomic E-state index is 13.5. The molecule has 4 aliphatic rings.